The predicted octanol–water partition coefficient (Wildman–Crippen LogP) is 3.91. The number of benzene rings is 2. The third kappa shape index (κ3) is 4.21. The number of hydrogen-bond donors (Lipinski definition) is 0. The number of carbonyl (C=O) groups excluding carboxylic acids is 1. The monoisotopic (exact) mass is 399 g/mol. The minimum absolute atomic E-state index is 0.328. The molecule has 0 amide bonds. The second-order valence-corrected chi connectivity index (χ2v) is 6.85. The van der Waals surface area contributed by atoms with Crippen molar-refractivity contribution in [3.63, 3.8) is 0 Å². The van der Waals surface area contributed by atoms with Crippen LogP contribution in [0.1, 0.15) is 29.5 Å². The number of carbonyl (C=O) groups is 1. The summed E-state index contributed by atoms with van der Waals surface area (Å²) in [6, 6.07) is 10.1. The molecule has 6 heteroatoms. The van der Waals surface area contributed by atoms with Crippen molar-refractivity contribution in [3.05, 3.63) is 70.7 Å². The number of esters is 1. The Morgan fingerprint density at radius 3 is 2.34 bits per heavy atom. The van der Waals surface area contributed by atoms with Gasteiger partial charge in [-0.3, -0.25) is 0 Å². The number of hydrogen-bond acceptors (Lipinski definition) is 5. The van der Waals surface area contributed by atoms with Crippen molar-refractivity contribution >= 4 is 5.97 Å². The van der Waals surface area contributed by atoms with Crippen LogP contribution in [0.15, 0.2) is 48.2 Å². The van der Waals surface area contributed by atoms with Crippen molar-refractivity contribution in [1.29, 1.82) is 0 Å². The molecule has 1 aliphatic rings. The first-order chi connectivity index (χ1) is 14.0. The van der Waals surface area contributed by atoms with Crippen LogP contribution < -0.4 is 9.47 Å². The van der Waals surface area contributed by atoms with Crippen LogP contribution >= 0.6 is 0 Å². The fourth-order valence-electron chi connectivity index (χ4n) is 3.74. The van der Waals surface area contributed by atoms with Crippen LogP contribution in [0.5, 0.6) is 11.5 Å². The van der Waals surface area contributed by atoms with Gasteiger partial charge in [0, 0.05) is 25.2 Å². The van der Waals surface area contributed by atoms with E-state index in [1.54, 1.807) is 26.4 Å². The van der Waals surface area contributed by atoms with E-state index < -0.39 is 11.9 Å². The molecule has 2 aromatic rings. The molecule has 29 heavy (non-hydrogen) atoms. The molecule has 0 saturated carbocycles. The Balaban J connectivity index is 2.29. The summed E-state index contributed by atoms with van der Waals surface area (Å²) in [7, 11) is 4.55. The Morgan fingerprint density at radius 2 is 1.76 bits per heavy atom. The summed E-state index contributed by atoms with van der Waals surface area (Å²) in [6.07, 6.45) is 2.63. The molecular weight excluding hydrogens is 373 g/mol. The van der Waals surface area contributed by atoms with Gasteiger partial charge < -0.3 is 19.1 Å². The van der Waals surface area contributed by atoms with E-state index in [-0.39, 0.29) is 5.82 Å². The zero-order valence-electron chi connectivity index (χ0n) is 17.2. The molecule has 0 fully saturated rings. The maximum Gasteiger partial charge on any atom is 0.336 e. The number of likely N-dealkylation sites (N-methyl/N-ethyl adjacent to an activating group) is 1. The van der Waals surface area contributed by atoms with Gasteiger partial charge in [0.1, 0.15) is 5.82 Å². The highest BCUT2D eigenvalue weighted by Gasteiger charge is 2.31. The summed E-state index contributed by atoms with van der Waals surface area (Å²) >= 11 is 0. The first-order valence-electron chi connectivity index (χ1n) is 9.56. The lowest BCUT2D eigenvalue weighted by Crippen LogP contribution is -2.27. The van der Waals surface area contributed by atoms with E-state index in [2.05, 4.69) is 4.90 Å². The van der Waals surface area contributed by atoms with Crippen molar-refractivity contribution in [1.82, 2.24) is 4.90 Å². The first-order valence-corrected chi connectivity index (χ1v) is 9.56. The minimum Gasteiger partial charge on any atom is -0.493 e. The molecule has 0 N–H and O–H groups in total. The fraction of sp³-hybridized carbons (Fsp3) is 0.348. The summed E-state index contributed by atoms with van der Waals surface area (Å²) < 4.78 is 29.7. The summed E-state index contributed by atoms with van der Waals surface area (Å²) in [5, 5.41) is 0. The third-order valence-corrected chi connectivity index (χ3v) is 5.29. The van der Waals surface area contributed by atoms with E-state index >= 15 is 0 Å². The van der Waals surface area contributed by atoms with Crippen molar-refractivity contribution in [2.75, 3.05) is 34.4 Å². The van der Waals surface area contributed by atoms with Crippen molar-refractivity contribution < 1.29 is 23.4 Å². The Bertz CT molecular complexity index is 908. The molecule has 3 rings (SSSR count). The van der Waals surface area contributed by atoms with Crippen molar-refractivity contribution in [3.8, 4) is 11.5 Å². The molecule has 0 aliphatic carbocycles. The highest BCUT2D eigenvalue weighted by molar-refractivity contribution is 5.91. The number of nitrogens with zero attached hydrogens (tertiary/aromatic N) is 1. The Morgan fingerprint density at radius 1 is 1.10 bits per heavy atom. The van der Waals surface area contributed by atoms with Crippen LogP contribution in [0.2, 0.25) is 0 Å². The molecule has 1 unspecified atom stereocenters. The van der Waals surface area contributed by atoms with Crippen LogP contribution in [0.25, 0.3) is 0 Å². The van der Waals surface area contributed by atoms with Gasteiger partial charge in [-0.15, -0.1) is 0 Å². The van der Waals surface area contributed by atoms with Crippen LogP contribution in [0, 0.1) is 5.82 Å². The molecular formula is C23H26FNO4. The number of methoxy groups -OCH3 is 3. The van der Waals surface area contributed by atoms with Crippen LogP contribution in [0.4, 0.5) is 4.39 Å². The summed E-state index contributed by atoms with van der Waals surface area (Å²) in [6.45, 7) is 3.53. The standard InChI is InChI=1S/C23H26FNO4/c1-5-25-11-10-16-12-20(27-2)21(28-3)13-18(16)22(19(14-25)23(26)29-4)15-6-8-17(24)9-7-15/h6-9,12-14,22H,5,10-11H2,1-4H3/b19-14+. The smallest absolute Gasteiger partial charge is 0.336 e. The number of rotatable bonds is 5. The lowest BCUT2D eigenvalue weighted by atomic mass is 9.81. The zero-order chi connectivity index (χ0) is 21.0. The first kappa shape index (κ1) is 20.7. The van der Waals surface area contributed by atoms with Gasteiger partial charge in [0.2, 0.25) is 0 Å². The summed E-state index contributed by atoms with van der Waals surface area (Å²) in [4.78, 5) is 14.9. The van der Waals surface area contributed by atoms with Gasteiger partial charge in [-0.25, -0.2) is 9.18 Å². The average molecular weight is 399 g/mol. The predicted molar refractivity (Wildman–Crippen MR) is 109 cm³/mol. The Kier molecular flexibility index (Phi) is 6.42. The van der Waals surface area contributed by atoms with Crippen molar-refractivity contribution in [2.24, 2.45) is 0 Å². The Labute approximate surface area is 170 Å². The van der Waals surface area contributed by atoms with Gasteiger partial charge >= 0.3 is 5.97 Å². The normalized spacial score (nSPS) is 18.0. The number of fused-ring (bicyclic) bond motifs is 1. The maximum atomic E-state index is 13.6. The lowest BCUT2D eigenvalue weighted by Gasteiger charge is -2.30. The zero-order valence-corrected chi connectivity index (χ0v) is 17.2. The van der Waals surface area contributed by atoms with Gasteiger partial charge in [0.25, 0.3) is 0 Å². The van der Waals surface area contributed by atoms with Gasteiger partial charge in [0.15, 0.2) is 11.5 Å². The maximum absolute atomic E-state index is 13.6. The van der Waals surface area contributed by atoms with E-state index in [0.717, 1.165) is 36.2 Å². The van der Waals surface area contributed by atoms with Crippen molar-refractivity contribution in [2.45, 2.75) is 19.3 Å². The van der Waals surface area contributed by atoms with E-state index in [9.17, 15) is 9.18 Å². The quantitative estimate of drug-likeness (QED) is 0.714. The number of ether oxygens (including phenoxy) is 3. The molecule has 0 aromatic heterocycles. The van der Waals surface area contributed by atoms with Crippen LogP contribution in [-0.4, -0.2) is 45.3 Å². The highest BCUT2D eigenvalue weighted by Crippen LogP contribution is 2.41. The molecule has 1 heterocycles. The molecule has 154 valence electrons. The van der Waals surface area contributed by atoms with E-state index in [4.69, 9.17) is 14.2 Å². The second kappa shape index (κ2) is 8.99. The number of halogens is 1. The van der Waals surface area contributed by atoms with Gasteiger partial charge in [-0.05, 0) is 54.3 Å². The third-order valence-electron chi connectivity index (χ3n) is 5.29. The van der Waals surface area contributed by atoms with E-state index in [0.29, 0.717) is 17.1 Å². The summed E-state index contributed by atoms with van der Waals surface area (Å²) in [5.74, 6) is 0.0466. The van der Waals surface area contributed by atoms with Gasteiger partial charge in [0.05, 0.1) is 26.9 Å². The highest BCUT2D eigenvalue weighted by atomic mass is 19.1. The Hall–Kier alpha value is -3.02. The molecule has 2 aromatic carbocycles. The molecule has 0 bridgehead atoms. The van der Waals surface area contributed by atoms with Gasteiger partial charge in [-0.2, -0.15) is 0 Å². The lowest BCUT2D eigenvalue weighted by molar-refractivity contribution is -0.136. The van der Waals surface area contributed by atoms with E-state index in [1.807, 2.05) is 25.3 Å². The average Bonchev–Trinajstić information content (AvgIpc) is 2.74. The fourth-order valence-corrected chi connectivity index (χ4v) is 3.74. The molecule has 5 nitrogen and oxygen atoms in total. The second-order valence-electron chi connectivity index (χ2n) is 6.85. The molecule has 0 spiro atoms. The topological polar surface area (TPSA) is 48.0 Å². The largest absolute Gasteiger partial charge is 0.493 e. The molecule has 0 saturated heterocycles. The van der Waals surface area contributed by atoms with Crippen LogP contribution in [0.3, 0.4) is 0 Å². The van der Waals surface area contributed by atoms with Crippen LogP contribution in [-0.2, 0) is 16.0 Å². The molecule has 1 atom stereocenters. The molecule has 0 radical (unpaired) electrons. The van der Waals surface area contributed by atoms with Gasteiger partial charge in [-0.1, -0.05) is 12.1 Å². The minimum atomic E-state index is -0.424. The van der Waals surface area contributed by atoms with E-state index in [1.165, 1.54) is 19.2 Å². The summed E-state index contributed by atoms with van der Waals surface area (Å²) in [5.41, 5.74) is 3.26. The SMILES string of the molecule is CCN1/C=C(/C(=O)OC)C(c2ccc(F)cc2)c2cc(OC)c(OC)cc2CC1. The molecule has 1 aliphatic heterocycles.